The summed E-state index contributed by atoms with van der Waals surface area (Å²) in [5.74, 6) is 2.27. The molecule has 0 radical (unpaired) electrons. The first-order chi connectivity index (χ1) is 13.9. The summed E-state index contributed by atoms with van der Waals surface area (Å²) in [5.41, 5.74) is 2.06. The largest absolute Gasteiger partial charge is 0.489 e. The topological polar surface area (TPSA) is 91.8 Å². The number of fused-ring (bicyclic) bond motifs is 1. The van der Waals surface area contributed by atoms with Crippen LogP contribution in [0.4, 0.5) is 5.69 Å². The number of rotatable bonds is 5. The number of carbonyl (C=O) groups excluding carboxylic acids is 1. The van der Waals surface area contributed by atoms with Crippen molar-refractivity contribution in [3.05, 3.63) is 92.6 Å². The average molecular weight is 391 g/mol. The Morgan fingerprint density at radius 3 is 2.52 bits per heavy atom. The number of nitro groups is 1. The number of nitrogens with zero attached hydrogens (tertiary/aromatic N) is 1. The third-order valence-electron chi connectivity index (χ3n) is 4.53. The molecule has 0 bridgehead atoms. The SMILES string of the molecule is Cc1ccc(/C=C2\Oc3cc(OCc4ccc([N+](=O)[O-])cc4)cc(C)c3C2=O)o1. The maximum Gasteiger partial charge on any atom is 0.269 e. The maximum atomic E-state index is 12.7. The van der Waals surface area contributed by atoms with E-state index in [4.69, 9.17) is 13.9 Å². The summed E-state index contributed by atoms with van der Waals surface area (Å²) in [6.07, 6.45) is 1.58. The van der Waals surface area contributed by atoms with Gasteiger partial charge in [0.1, 0.15) is 29.6 Å². The van der Waals surface area contributed by atoms with Crippen LogP contribution in [0.25, 0.3) is 6.08 Å². The predicted octanol–water partition coefficient (Wildman–Crippen LogP) is 5.00. The molecule has 0 N–H and O–H groups in total. The highest BCUT2D eigenvalue weighted by Crippen LogP contribution is 2.37. The van der Waals surface area contributed by atoms with Crippen LogP contribution < -0.4 is 9.47 Å². The van der Waals surface area contributed by atoms with Gasteiger partial charge in [-0.25, -0.2) is 0 Å². The van der Waals surface area contributed by atoms with Crippen molar-refractivity contribution in [2.24, 2.45) is 0 Å². The van der Waals surface area contributed by atoms with E-state index in [1.54, 1.807) is 36.4 Å². The molecule has 7 nitrogen and oxygen atoms in total. The molecular formula is C22H17NO6. The van der Waals surface area contributed by atoms with Gasteiger partial charge >= 0.3 is 0 Å². The standard InChI is InChI=1S/C22H17NO6/c1-13-9-18(27-12-15-4-6-16(7-5-15)23(25)26)11-19-21(13)22(24)20(29-19)10-17-8-3-14(2)28-17/h3-11H,12H2,1-2H3/b20-10-. The van der Waals surface area contributed by atoms with Crippen LogP contribution in [0.1, 0.15) is 33.0 Å². The van der Waals surface area contributed by atoms with Crippen molar-refractivity contribution in [3.8, 4) is 11.5 Å². The minimum atomic E-state index is -0.446. The second-order valence-corrected chi connectivity index (χ2v) is 6.71. The number of Topliss-reactive ketones (excluding diaryl/α,β-unsaturated/α-hetero) is 1. The molecule has 0 amide bonds. The normalized spacial score (nSPS) is 14.0. The molecule has 4 rings (SSSR count). The molecule has 1 aromatic heterocycles. The second-order valence-electron chi connectivity index (χ2n) is 6.71. The highest BCUT2D eigenvalue weighted by atomic mass is 16.6. The first kappa shape index (κ1) is 18.5. The molecular weight excluding hydrogens is 374 g/mol. The molecule has 0 atom stereocenters. The number of furan rings is 1. The first-order valence-corrected chi connectivity index (χ1v) is 8.92. The van der Waals surface area contributed by atoms with Crippen molar-refractivity contribution in [1.82, 2.24) is 0 Å². The van der Waals surface area contributed by atoms with Gasteiger partial charge in [-0.15, -0.1) is 0 Å². The van der Waals surface area contributed by atoms with Gasteiger partial charge in [0, 0.05) is 24.3 Å². The molecule has 146 valence electrons. The highest BCUT2D eigenvalue weighted by Gasteiger charge is 2.30. The van der Waals surface area contributed by atoms with E-state index >= 15 is 0 Å². The fraction of sp³-hybridized carbons (Fsp3) is 0.136. The van der Waals surface area contributed by atoms with Crippen molar-refractivity contribution in [1.29, 1.82) is 0 Å². The quantitative estimate of drug-likeness (QED) is 0.345. The lowest BCUT2D eigenvalue weighted by atomic mass is 10.0. The number of carbonyl (C=O) groups is 1. The molecule has 29 heavy (non-hydrogen) atoms. The minimum Gasteiger partial charge on any atom is -0.489 e. The number of benzene rings is 2. The third kappa shape index (κ3) is 3.75. The van der Waals surface area contributed by atoms with Gasteiger partial charge < -0.3 is 13.9 Å². The molecule has 1 aliphatic rings. The van der Waals surface area contributed by atoms with Crippen molar-refractivity contribution in [2.45, 2.75) is 20.5 Å². The second kappa shape index (κ2) is 7.27. The van der Waals surface area contributed by atoms with E-state index in [1.165, 1.54) is 12.1 Å². The van der Waals surface area contributed by atoms with Crippen molar-refractivity contribution >= 4 is 17.5 Å². The molecule has 3 aromatic rings. The average Bonchev–Trinajstić information content (AvgIpc) is 3.23. The number of hydrogen-bond donors (Lipinski definition) is 0. The Labute approximate surface area is 166 Å². The van der Waals surface area contributed by atoms with E-state index in [0.29, 0.717) is 22.8 Å². The van der Waals surface area contributed by atoms with Crippen LogP contribution in [0.2, 0.25) is 0 Å². The van der Waals surface area contributed by atoms with E-state index < -0.39 is 4.92 Å². The highest BCUT2D eigenvalue weighted by molar-refractivity contribution is 6.15. The van der Waals surface area contributed by atoms with E-state index in [0.717, 1.165) is 16.9 Å². The van der Waals surface area contributed by atoms with Crippen molar-refractivity contribution < 1.29 is 23.6 Å². The number of ether oxygens (including phenoxy) is 2. The van der Waals surface area contributed by atoms with Crippen LogP contribution in [-0.2, 0) is 6.61 Å². The van der Waals surface area contributed by atoms with E-state index in [2.05, 4.69) is 0 Å². The summed E-state index contributed by atoms with van der Waals surface area (Å²) in [6.45, 7) is 3.88. The summed E-state index contributed by atoms with van der Waals surface area (Å²) >= 11 is 0. The van der Waals surface area contributed by atoms with Crippen LogP contribution in [0.5, 0.6) is 11.5 Å². The number of nitro benzene ring substituents is 1. The molecule has 1 aliphatic heterocycles. The Morgan fingerprint density at radius 1 is 1.10 bits per heavy atom. The van der Waals surface area contributed by atoms with Crippen LogP contribution in [0.15, 0.2) is 58.7 Å². The lowest BCUT2D eigenvalue weighted by molar-refractivity contribution is -0.384. The Morgan fingerprint density at radius 2 is 1.86 bits per heavy atom. The van der Waals surface area contributed by atoms with Crippen molar-refractivity contribution in [2.75, 3.05) is 0 Å². The summed E-state index contributed by atoms with van der Waals surface area (Å²) in [4.78, 5) is 23.0. The van der Waals surface area contributed by atoms with Gasteiger partial charge in [0.25, 0.3) is 5.69 Å². The van der Waals surface area contributed by atoms with Gasteiger partial charge in [0.2, 0.25) is 5.78 Å². The Bertz CT molecular complexity index is 1140. The number of ketones is 1. The van der Waals surface area contributed by atoms with Gasteiger partial charge in [-0.1, -0.05) is 0 Å². The molecule has 0 aliphatic carbocycles. The molecule has 0 spiro atoms. The Kier molecular flexibility index (Phi) is 4.64. The molecule has 2 aromatic carbocycles. The van der Waals surface area contributed by atoms with Gasteiger partial charge in [-0.05, 0) is 55.3 Å². The summed E-state index contributed by atoms with van der Waals surface area (Å²) < 4.78 is 17.0. The zero-order valence-corrected chi connectivity index (χ0v) is 15.8. The molecule has 0 saturated heterocycles. The molecule has 0 fully saturated rings. The van der Waals surface area contributed by atoms with Gasteiger partial charge in [0.05, 0.1) is 10.5 Å². The molecule has 0 unspecified atom stereocenters. The zero-order valence-electron chi connectivity index (χ0n) is 15.8. The fourth-order valence-electron chi connectivity index (χ4n) is 3.10. The summed E-state index contributed by atoms with van der Waals surface area (Å²) in [6, 6.07) is 13.2. The molecule has 0 saturated carbocycles. The number of allylic oxidation sites excluding steroid dienone is 1. The fourth-order valence-corrected chi connectivity index (χ4v) is 3.10. The summed E-state index contributed by atoms with van der Waals surface area (Å²) in [5, 5.41) is 10.7. The predicted molar refractivity (Wildman–Crippen MR) is 105 cm³/mol. The van der Waals surface area contributed by atoms with Crippen LogP contribution >= 0.6 is 0 Å². The van der Waals surface area contributed by atoms with Gasteiger partial charge in [0.15, 0.2) is 5.76 Å². The maximum absolute atomic E-state index is 12.7. The minimum absolute atomic E-state index is 0.0279. The van der Waals surface area contributed by atoms with E-state index in [9.17, 15) is 14.9 Å². The molecule has 7 heteroatoms. The van der Waals surface area contributed by atoms with Crippen LogP contribution in [0.3, 0.4) is 0 Å². The lowest BCUT2D eigenvalue weighted by Crippen LogP contribution is -2.00. The Hall–Kier alpha value is -3.87. The smallest absolute Gasteiger partial charge is 0.269 e. The monoisotopic (exact) mass is 391 g/mol. The van der Waals surface area contributed by atoms with Gasteiger partial charge in [-0.3, -0.25) is 14.9 Å². The van der Waals surface area contributed by atoms with Crippen molar-refractivity contribution in [3.63, 3.8) is 0 Å². The third-order valence-corrected chi connectivity index (χ3v) is 4.53. The van der Waals surface area contributed by atoms with E-state index in [-0.39, 0.29) is 23.8 Å². The lowest BCUT2D eigenvalue weighted by Gasteiger charge is -2.09. The zero-order chi connectivity index (χ0) is 20.5. The summed E-state index contributed by atoms with van der Waals surface area (Å²) in [7, 11) is 0. The van der Waals surface area contributed by atoms with Crippen LogP contribution in [0, 0.1) is 24.0 Å². The molecule has 2 heterocycles. The number of hydrogen-bond acceptors (Lipinski definition) is 6. The van der Waals surface area contributed by atoms with Gasteiger partial charge in [-0.2, -0.15) is 0 Å². The number of non-ortho nitro benzene ring substituents is 1. The van der Waals surface area contributed by atoms with E-state index in [1.807, 2.05) is 19.9 Å². The first-order valence-electron chi connectivity index (χ1n) is 8.92. The Balaban J connectivity index is 1.52. The van der Waals surface area contributed by atoms with Crippen LogP contribution in [-0.4, -0.2) is 10.7 Å². The number of aryl methyl sites for hydroxylation is 2.